The van der Waals surface area contributed by atoms with E-state index in [-0.39, 0.29) is 5.91 Å². The number of carbonyl (C=O) groups excluding carboxylic acids is 1. The zero-order valence-electron chi connectivity index (χ0n) is 17.2. The molecule has 0 unspecified atom stereocenters. The van der Waals surface area contributed by atoms with Crippen LogP contribution in [-0.4, -0.2) is 27.8 Å². The van der Waals surface area contributed by atoms with Crippen molar-refractivity contribution in [3.63, 3.8) is 0 Å². The number of aryl methyl sites for hydroxylation is 2. The first-order valence-corrected chi connectivity index (χ1v) is 9.49. The van der Waals surface area contributed by atoms with Gasteiger partial charge in [0, 0.05) is 44.0 Å². The SMILES string of the molecule is COc1cccc(Oc2ccc(CNC(=O)CCc3c(C)nn(C)c3C)cn2)c1. The summed E-state index contributed by atoms with van der Waals surface area (Å²) in [5, 5.41) is 7.32. The van der Waals surface area contributed by atoms with Gasteiger partial charge in [0.25, 0.3) is 0 Å². The van der Waals surface area contributed by atoms with Crippen LogP contribution in [-0.2, 0) is 24.8 Å². The summed E-state index contributed by atoms with van der Waals surface area (Å²) in [5.41, 5.74) is 4.13. The average Bonchev–Trinajstić information content (AvgIpc) is 2.97. The number of benzene rings is 1. The number of amides is 1. The average molecular weight is 394 g/mol. The molecule has 0 aliphatic heterocycles. The van der Waals surface area contributed by atoms with Crippen LogP contribution in [0.2, 0.25) is 0 Å². The zero-order chi connectivity index (χ0) is 20.8. The number of carbonyl (C=O) groups is 1. The van der Waals surface area contributed by atoms with Gasteiger partial charge >= 0.3 is 0 Å². The molecule has 1 aromatic carbocycles. The lowest BCUT2D eigenvalue weighted by molar-refractivity contribution is -0.121. The van der Waals surface area contributed by atoms with Gasteiger partial charge in [0.05, 0.1) is 12.8 Å². The first-order chi connectivity index (χ1) is 14.0. The van der Waals surface area contributed by atoms with Crippen LogP contribution in [0.3, 0.4) is 0 Å². The summed E-state index contributed by atoms with van der Waals surface area (Å²) in [6, 6.07) is 11.0. The Hall–Kier alpha value is -3.35. The van der Waals surface area contributed by atoms with Crippen molar-refractivity contribution in [2.24, 2.45) is 7.05 Å². The lowest BCUT2D eigenvalue weighted by Crippen LogP contribution is -2.23. The summed E-state index contributed by atoms with van der Waals surface area (Å²) in [7, 11) is 3.53. The summed E-state index contributed by atoms with van der Waals surface area (Å²) in [5.74, 6) is 1.86. The molecule has 0 bridgehead atoms. The van der Waals surface area contributed by atoms with Crippen LogP contribution in [0.25, 0.3) is 0 Å². The van der Waals surface area contributed by atoms with Gasteiger partial charge in [-0.15, -0.1) is 0 Å². The largest absolute Gasteiger partial charge is 0.497 e. The van der Waals surface area contributed by atoms with Gasteiger partial charge in [-0.2, -0.15) is 5.10 Å². The van der Waals surface area contributed by atoms with Crippen molar-refractivity contribution in [3.05, 3.63) is 65.1 Å². The molecule has 29 heavy (non-hydrogen) atoms. The molecule has 0 fully saturated rings. The summed E-state index contributed by atoms with van der Waals surface area (Å²) < 4.78 is 12.8. The van der Waals surface area contributed by atoms with Crippen LogP contribution in [0, 0.1) is 13.8 Å². The molecule has 3 aromatic rings. The fourth-order valence-electron chi connectivity index (χ4n) is 3.07. The molecule has 0 saturated carbocycles. The van der Waals surface area contributed by atoms with Crippen LogP contribution in [0.15, 0.2) is 42.6 Å². The van der Waals surface area contributed by atoms with Crippen LogP contribution in [0.4, 0.5) is 0 Å². The molecule has 1 amide bonds. The summed E-state index contributed by atoms with van der Waals surface area (Å²) >= 11 is 0. The van der Waals surface area contributed by atoms with E-state index >= 15 is 0 Å². The van der Waals surface area contributed by atoms with Crippen molar-refractivity contribution < 1.29 is 14.3 Å². The van der Waals surface area contributed by atoms with Gasteiger partial charge in [-0.3, -0.25) is 9.48 Å². The van der Waals surface area contributed by atoms with E-state index in [0.29, 0.717) is 31.0 Å². The predicted molar refractivity (Wildman–Crippen MR) is 110 cm³/mol. The number of hydrogen-bond acceptors (Lipinski definition) is 5. The quantitative estimate of drug-likeness (QED) is 0.633. The van der Waals surface area contributed by atoms with E-state index in [4.69, 9.17) is 9.47 Å². The minimum atomic E-state index is 0.00404. The Labute approximate surface area is 170 Å². The Morgan fingerprint density at radius 2 is 1.97 bits per heavy atom. The van der Waals surface area contributed by atoms with Crippen molar-refractivity contribution in [2.75, 3.05) is 7.11 Å². The Morgan fingerprint density at radius 3 is 2.62 bits per heavy atom. The number of pyridine rings is 1. The molecule has 7 nitrogen and oxygen atoms in total. The van der Waals surface area contributed by atoms with Gasteiger partial charge in [0.2, 0.25) is 11.8 Å². The highest BCUT2D eigenvalue weighted by molar-refractivity contribution is 5.76. The maximum Gasteiger partial charge on any atom is 0.220 e. The van der Waals surface area contributed by atoms with Gasteiger partial charge in [0.15, 0.2) is 0 Å². The molecular weight excluding hydrogens is 368 g/mol. The smallest absolute Gasteiger partial charge is 0.220 e. The maximum absolute atomic E-state index is 12.2. The van der Waals surface area contributed by atoms with E-state index < -0.39 is 0 Å². The molecule has 2 heterocycles. The number of nitrogens with zero attached hydrogens (tertiary/aromatic N) is 3. The highest BCUT2D eigenvalue weighted by atomic mass is 16.5. The van der Waals surface area contributed by atoms with Crippen molar-refractivity contribution in [2.45, 2.75) is 33.2 Å². The fraction of sp³-hybridized carbons (Fsp3) is 0.318. The number of aromatic nitrogens is 3. The van der Waals surface area contributed by atoms with Gasteiger partial charge in [0.1, 0.15) is 11.5 Å². The molecule has 0 spiro atoms. The van der Waals surface area contributed by atoms with E-state index in [1.807, 2.05) is 49.8 Å². The zero-order valence-corrected chi connectivity index (χ0v) is 17.2. The molecule has 0 atom stereocenters. The van der Waals surface area contributed by atoms with Crippen LogP contribution >= 0.6 is 0 Å². The number of methoxy groups -OCH3 is 1. The lowest BCUT2D eigenvalue weighted by atomic mass is 10.1. The fourth-order valence-corrected chi connectivity index (χ4v) is 3.07. The number of ether oxygens (including phenoxy) is 2. The maximum atomic E-state index is 12.2. The van der Waals surface area contributed by atoms with Crippen molar-refractivity contribution in [3.8, 4) is 17.4 Å². The van der Waals surface area contributed by atoms with Gasteiger partial charge in [-0.1, -0.05) is 12.1 Å². The third-order valence-electron chi connectivity index (χ3n) is 4.81. The molecule has 0 radical (unpaired) electrons. The van der Waals surface area contributed by atoms with E-state index in [2.05, 4.69) is 15.4 Å². The van der Waals surface area contributed by atoms with E-state index in [1.54, 1.807) is 25.4 Å². The van der Waals surface area contributed by atoms with Gasteiger partial charge in [-0.25, -0.2) is 4.98 Å². The number of hydrogen-bond donors (Lipinski definition) is 1. The first kappa shape index (κ1) is 20.4. The minimum absolute atomic E-state index is 0.00404. The Kier molecular flexibility index (Phi) is 6.49. The van der Waals surface area contributed by atoms with Crippen molar-refractivity contribution in [1.29, 1.82) is 0 Å². The summed E-state index contributed by atoms with van der Waals surface area (Å²) in [6.45, 7) is 4.42. The number of nitrogens with one attached hydrogen (secondary N) is 1. The minimum Gasteiger partial charge on any atom is -0.497 e. The lowest BCUT2D eigenvalue weighted by Gasteiger charge is -2.08. The van der Waals surface area contributed by atoms with Crippen molar-refractivity contribution in [1.82, 2.24) is 20.1 Å². The third-order valence-corrected chi connectivity index (χ3v) is 4.81. The Morgan fingerprint density at radius 1 is 1.17 bits per heavy atom. The molecular formula is C22H26N4O3. The van der Waals surface area contributed by atoms with E-state index in [9.17, 15) is 4.79 Å². The highest BCUT2D eigenvalue weighted by Gasteiger charge is 2.11. The highest BCUT2D eigenvalue weighted by Crippen LogP contribution is 2.23. The summed E-state index contributed by atoms with van der Waals surface area (Å²) in [4.78, 5) is 16.5. The standard InChI is InChI=1S/C22H26N4O3/c1-15-20(16(2)26(3)25-15)9-10-21(27)23-13-17-8-11-22(24-14-17)29-19-7-5-6-18(12-19)28-4/h5-8,11-12,14H,9-10,13H2,1-4H3,(H,23,27). The van der Waals surface area contributed by atoms with E-state index in [1.165, 1.54) is 0 Å². The topological polar surface area (TPSA) is 78.3 Å². The normalized spacial score (nSPS) is 10.6. The van der Waals surface area contributed by atoms with Gasteiger partial charge < -0.3 is 14.8 Å². The second kappa shape index (κ2) is 9.23. The molecule has 0 saturated heterocycles. The molecule has 152 valence electrons. The summed E-state index contributed by atoms with van der Waals surface area (Å²) in [6.07, 6.45) is 2.81. The first-order valence-electron chi connectivity index (χ1n) is 9.49. The second-order valence-electron chi connectivity index (χ2n) is 6.84. The molecule has 7 heteroatoms. The van der Waals surface area contributed by atoms with Crippen LogP contribution in [0.5, 0.6) is 17.4 Å². The van der Waals surface area contributed by atoms with E-state index in [0.717, 1.165) is 28.3 Å². The van der Waals surface area contributed by atoms with Crippen LogP contribution < -0.4 is 14.8 Å². The monoisotopic (exact) mass is 394 g/mol. The van der Waals surface area contributed by atoms with Crippen LogP contribution in [0.1, 0.15) is 28.9 Å². The van der Waals surface area contributed by atoms with Crippen molar-refractivity contribution >= 4 is 5.91 Å². The molecule has 1 N–H and O–H groups in total. The molecule has 0 aliphatic rings. The third kappa shape index (κ3) is 5.34. The molecule has 2 aromatic heterocycles. The Bertz CT molecular complexity index is 980. The molecule has 3 rings (SSSR count). The number of rotatable bonds is 8. The second-order valence-corrected chi connectivity index (χ2v) is 6.84. The Balaban J connectivity index is 1.48. The predicted octanol–water partition coefficient (Wildman–Crippen LogP) is 3.48. The van der Waals surface area contributed by atoms with Gasteiger partial charge in [-0.05, 0) is 43.5 Å². The molecule has 0 aliphatic carbocycles.